The number of carbonyl (C=O) groups is 2. The minimum atomic E-state index is -4.32. The summed E-state index contributed by atoms with van der Waals surface area (Å²) < 4.78 is 90.2. The lowest BCUT2D eigenvalue weighted by atomic mass is 9.47. The summed E-state index contributed by atoms with van der Waals surface area (Å²) in [6.07, 6.45) is 32.0. The average molecular weight is 1450 g/mol. The van der Waals surface area contributed by atoms with Gasteiger partial charge in [-0.2, -0.15) is 0 Å². The Morgan fingerprint density at radius 1 is 0.440 bits per heavy atom. The zero-order valence-electron chi connectivity index (χ0n) is 63.8. The monoisotopic (exact) mass is 1450 g/mol. The summed E-state index contributed by atoms with van der Waals surface area (Å²) >= 11 is 0. The maximum Gasteiger partial charge on any atom is 0.472 e. The normalized spacial score (nSPS) is 32.9. The standard InChI is InChI=1S/C78H138N2O18P2/c1-56(2)14-12-16-59(6)67-22-24-69-65-20-18-61-54-63(26-32-75(61,8)71(65)28-34-77(67,69)10)97-73(81)79-36-40-87-42-44-89-46-48-91-50-52-95-99(83,84)93-38-30-58(5)31-39-94-100(85,86)96-53-51-92-49-47-90-45-43-88-41-37-80-74(82)98-64-27-33-76(9)62(55-64)19-21-66-70-25-23-68(60(7)17-13-15-57(3)4)78(70,11)35-29-72(66)76/h18-19,56-60,63-72H,12-17,20-55H2,1-11H3,(H,79,81)(H,80,82)(H,83,84)(H,85,86)/t58?,59?,60?,63-,64-,65?,66?,67?,68?,69?,70?,71?,72?,75-,76-,77+,78+/m1/s1. The van der Waals surface area contributed by atoms with E-state index in [9.17, 15) is 28.5 Å². The summed E-state index contributed by atoms with van der Waals surface area (Å²) in [5.74, 6) is 9.54. The molecule has 6 saturated carbocycles. The molecule has 0 bridgehead atoms. The van der Waals surface area contributed by atoms with Crippen LogP contribution in [0.2, 0.25) is 0 Å². The van der Waals surface area contributed by atoms with Crippen LogP contribution in [0.3, 0.4) is 0 Å². The number of alkyl carbamates (subject to hydrolysis) is 2. The van der Waals surface area contributed by atoms with Crippen molar-refractivity contribution in [2.24, 2.45) is 98.6 Å². The zero-order chi connectivity index (χ0) is 72.0. The summed E-state index contributed by atoms with van der Waals surface area (Å²) in [5, 5.41) is 5.71. The first kappa shape index (κ1) is 83.6. The van der Waals surface area contributed by atoms with E-state index < -0.39 is 27.8 Å². The number of rotatable bonds is 46. The second-order valence-electron chi connectivity index (χ2n) is 33.6. The van der Waals surface area contributed by atoms with Crippen molar-refractivity contribution in [2.75, 3.05) is 119 Å². The maximum absolute atomic E-state index is 12.8. The Morgan fingerprint density at radius 3 is 1.16 bits per heavy atom. The van der Waals surface area contributed by atoms with Crippen molar-refractivity contribution in [1.82, 2.24) is 10.6 Å². The highest BCUT2D eigenvalue weighted by Crippen LogP contribution is 2.69. The van der Waals surface area contributed by atoms with Gasteiger partial charge in [-0.3, -0.25) is 18.1 Å². The van der Waals surface area contributed by atoms with Crippen molar-refractivity contribution in [3.05, 3.63) is 23.3 Å². The van der Waals surface area contributed by atoms with Gasteiger partial charge in [-0.05, 0) is 201 Å². The first-order valence-electron chi connectivity index (χ1n) is 39.7. The van der Waals surface area contributed by atoms with E-state index >= 15 is 0 Å². The predicted octanol–water partition coefficient (Wildman–Crippen LogP) is 17.0. The molecule has 0 heterocycles. The van der Waals surface area contributed by atoms with Crippen LogP contribution in [0.25, 0.3) is 0 Å². The Bertz CT molecular complexity index is 2460. The van der Waals surface area contributed by atoms with E-state index in [0.29, 0.717) is 89.6 Å². The molecule has 22 heteroatoms. The Balaban J connectivity index is 0.542. The second kappa shape index (κ2) is 40.3. The highest BCUT2D eigenvalue weighted by atomic mass is 31.2. The number of ether oxygens (including phenoxy) is 8. The minimum Gasteiger partial charge on any atom is -0.446 e. The fourth-order valence-corrected chi connectivity index (χ4v) is 22.2. The summed E-state index contributed by atoms with van der Waals surface area (Å²) in [7, 11) is -8.63. The molecule has 578 valence electrons. The second-order valence-corrected chi connectivity index (χ2v) is 36.5. The Kier molecular flexibility index (Phi) is 33.7. The van der Waals surface area contributed by atoms with Crippen LogP contribution in [-0.2, 0) is 65.1 Å². The van der Waals surface area contributed by atoms with Gasteiger partial charge in [0, 0.05) is 25.9 Å². The molecule has 8 aliphatic carbocycles. The SMILES string of the molecule is CC(C)CCCC(C)C1CCC2C3CC=C4C[C@H](OC(=O)NCCOCCOCCOCCOP(=O)(O)OCCC(C)CCOP(=O)(O)OCCOCCOCCOCCNC(=O)O[C@@H]5CC[C@]6(C)C(=CCC7C8CCC(C(C)CCCC(C)C)[C@]8(C)CCC76)C5)CC[C@@]4(C)C3CC[C@@]12C. The quantitative estimate of drug-likeness (QED) is 0.0251. The summed E-state index contributed by atoms with van der Waals surface area (Å²) in [6, 6.07) is 0. The summed E-state index contributed by atoms with van der Waals surface area (Å²) in [4.78, 5) is 45.8. The van der Waals surface area contributed by atoms with Crippen LogP contribution < -0.4 is 10.6 Å². The van der Waals surface area contributed by atoms with Gasteiger partial charge < -0.3 is 58.3 Å². The molecule has 0 aromatic carbocycles. The van der Waals surface area contributed by atoms with Crippen molar-refractivity contribution in [2.45, 2.75) is 242 Å². The first-order chi connectivity index (χ1) is 47.8. The summed E-state index contributed by atoms with van der Waals surface area (Å²) in [6.45, 7) is 30.2. The van der Waals surface area contributed by atoms with Gasteiger partial charge in [0.2, 0.25) is 0 Å². The van der Waals surface area contributed by atoms with Crippen LogP contribution in [0.4, 0.5) is 9.59 Å². The number of hydrogen-bond acceptors (Lipinski definition) is 16. The third-order valence-corrected chi connectivity index (χ3v) is 28.3. The van der Waals surface area contributed by atoms with E-state index in [-0.39, 0.29) is 81.8 Å². The Labute approximate surface area is 603 Å². The first-order valence-corrected chi connectivity index (χ1v) is 42.7. The number of hydrogen-bond donors (Lipinski definition) is 4. The molecule has 12 unspecified atom stereocenters. The molecule has 6 fully saturated rings. The molecular weight excluding hydrogens is 1310 g/mol. The Hall–Kier alpha value is -2.00. The number of fused-ring (bicyclic) bond motifs is 10. The summed E-state index contributed by atoms with van der Waals surface area (Å²) in [5.41, 5.74) is 4.40. The van der Waals surface area contributed by atoms with Gasteiger partial charge in [-0.1, -0.05) is 138 Å². The minimum absolute atomic E-state index is 0.0567. The Morgan fingerprint density at radius 2 is 0.790 bits per heavy atom. The predicted molar refractivity (Wildman–Crippen MR) is 389 cm³/mol. The molecule has 0 spiro atoms. The maximum atomic E-state index is 12.8. The van der Waals surface area contributed by atoms with Crippen molar-refractivity contribution in [3.63, 3.8) is 0 Å². The van der Waals surface area contributed by atoms with E-state index in [1.165, 1.54) is 114 Å². The molecule has 20 nitrogen and oxygen atoms in total. The largest absolute Gasteiger partial charge is 0.472 e. The fraction of sp³-hybridized carbons (Fsp3) is 0.923. The van der Waals surface area contributed by atoms with Gasteiger partial charge >= 0.3 is 27.8 Å². The zero-order valence-corrected chi connectivity index (χ0v) is 65.6. The molecule has 0 saturated heterocycles. The molecule has 0 aromatic heterocycles. The number of nitrogens with one attached hydrogen (secondary N) is 2. The van der Waals surface area contributed by atoms with E-state index in [4.69, 9.17) is 56.0 Å². The van der Waals surface area contributed by atoms with E-state index in [2.05, 4.69) is 92.0 Å². The van der Waals surface area contributed by atoms with Crippen LogP contribution in [0.1, 0.15) is 230 Å². The van der Waals surface area contributed by atoms with Gasteiger partial charge in [0.1, 0.15) is 12.2 Å². The molecule has 8 aliphatic rings. The molecule has 0 aromatic rings. The topological polar surface area (TPSA) is 244 Å². The third-order valence-electron chi connectivity index (χ3n) is 26.3. The number of allylic oxidation sites excluding steroid dienone is 2. The molecule has 0 aliphatic heterocycles. The van der Waals surface area contributed by atoms with Crippen molar-refractivity contribution < 1.29 is 84.5 Å². The van der Waals surface area contributed by atoms with Crippen LogP contribution in [0, 0.1) is 98.6 Å². The van der Waals surface area contributed by atoms with Crippen molar-refractivity contribution in [3.8, 4) is 0 Å². The number of amides is 2. The molecule has 2 amide bonds. The fourth-order valence-electron chi connectivity index (χ4n) is 20.8. The van der Waals surface area contributed by atoms with Crippen LogP contribution in [0.15, 0.2) is 23.3 Å². The van der Waals surface area contributed by atoms with E-state index in [1.807, 2.05) is 6.92 Å². The lowest BCUT2D eigenvalue weighted by molar-refractivity contribution is -0.0581. The third kappa shape index (κ3) is 24.0. The van der Waals surface area contributed by atoms with Gasteiger partial charge in [-0.15, -0.1) is 0 Å². The molecule has 100 heavy (non-hydrogen) atoms. The van der Waals surface area contributed by atoms with E-state index in [1.54, 1.807) is 0 Å². The lowest BCUT2D eigenvalue weighted by Gasteiger charge is -2.58. The van der Waals surface area contributed by atoms with Gasteiger partial charge in [0.25, 0.3) is 0 Å². The highest BCUT2D eigenvalue weighted by molar-refractivity contribution is 7.47. The van der Waals surface area contributed by atoms with Gasteiger partial charge in [-0.25, -0.2) is 18.7 Å². The lowest BCUT2D eigenvalue weighted by Crippen LogP contribution is -2.51. The van der Waals surface area contributed by atoms with Gasteiger partial charge in [0.15, 0.2) is 0 Å². The molecular formula is C78H138N2O18P2. The highest BCUT2D eigenvalue weighted by Gasteiger charge is 2.61. The molecule has 4 N–H and O–H groups in total. The van der Waals surface area contributed by atoms with E-state index in [0.717, 1.165) is 110 Å². The molecule has 8 rings (SSSR count). The smallest absolute Gasteiger partial charge is 0.446 e. The number of phosphoric ester groups is 2. The number of carbonyl (C=O) groups excluding carboxylic acids is 2. The average Bonchev–Trinajstić information content (AvgIpc) is 1.34. The molecule has 18 atom stereocenters. The van der Waals surface area contributed by atoms with Crippen molar-refractivity contribution in [1.29, 1.82) is 0 Å². The van der Waals surface area contributed by atoms with Crippen LogP contribution >= 0.6 is 15.6 Å². The van der Waals surface area contributed by atoms with Crippen molar-refractivity contribution >= 4 is 27.8 Å². The number of phosphoric acid groups is 2. The van der Waals surface area contributed by atoms with Gasteiger partial charge in [0.05, 0.1) is 106 Å². The molecule has 0 radical (unpaired) electrons. The van der Waals surface area contributed by atoms with Crippen LogP contribution in [0.5, 0.6) is 0 Å². The van der Waals surface area contributed by atoms with Crippen LogP contribution in [-0.4, -0.2) is 153 Å².